The lowest BCUT2D eigenvalue weighted by atomic mass is 10.1. The zero-order valence-electron chi connectivity index (χ0n) is 11.6. The molecule has 0 spiro atoms. The van der Waals surface area contributed by atoms with Gasteiger partial charge in [-0.25, -0.2) is 8.42 Å². The van der Waals surface area contributed by atoms with Crippen molar-refractivity contribution >= 4 is 33.0 Å². The standard InChI is InChI=1S/C15H14ClNO3S/c1-10-8-12(16)6-7-14(10)17-15(18)11-4-3-5-13(9-11)21(2,19)20/h3-9H,1-2H3,(H,17,18). The number of halogens is 1. The predicted molar refractivity (Wildman–Crippen MR) is 83.7 cm³/mol. The third-order valence-corrected chi connectivity index (χ3v) is 4.31. The fourth-order valence-corrected chi connectivity index (χ4v) is 2.72. The molecule has 0 atom stereocenters. The Balaban J connectivity index is 2.29. The maximum absolute atomic E-state index is 12.2. The lowest BCUT2D eigenvalue weighted by Crippen LogP contribution is -2.13. The van der Waals surface area contributed by atoms with E-state index in [-0.39, 0.29) is 16.4 Å². The van der Waals surface area contributed by atoms with E-state index in [0.29, 0.717) is 10.7 Å². The lowest BCUT2D eigenvalue weighted by Gasteiger charge is -2.09. The molecule has 2 rings (SSSR count). The summed E-state index contributed by atoms with van der Waals surface area (Å²) in [7, 11) is -3.34. The molecule has 4 nitrogen and oxygen atoms in total. The molecule has 0 fully saturated rings. The number of anilines is 1. The number of sulfone groups is 1. The monoisotopic (exact) mass is 323 g/mol. The summed E-state index contributed by atoms with van der Waals surface area (Å²) in [6.07, 6.45) is 1.10. The van der Waals surface area contributed by atoms with Gasteiger partial charge in [0.2, 0.25) is 0 Å². The Kier molecular flexibility index (Phi) is 4.34. The number of hydrogen-bond acceptors (Lipinski definition) is 3. The van der Waals surface area contributed by atoms with Gasteiger partial charge in [-0.2, -0.15) is 0 Å². The van der Waals surface area contributed by atoms with Gasteiger partial charge in [0.1, 0.15) is 0 Å². The van der Waals surface area contributed by atoms with E-state index in [9.17, 15) is 13.2 Å². The van der Waals surface area contributed by atoms with Crippen LogP contribution in [0.5, 0.6) is 0 Å². The lowest BCUT2D eigenvalue weighted by molar-refractivity contribution is 0.102. The second-order valence-corrected chi connectivity index (χ2v) is 7.17. The van der Waals surface area contributed by atoms with E-state index < -0.39 is 9.84 Å². The van der Waals surface area contributed by atoms with Crippen molar-refractivity contribution in [3.8, 4) is 0 Å². The van der Waals surface area contributed by atoms with Crippen molar-refractivity contribution < 1.29 is 13.2 Å². The highest BCUT2D eigenvalue weighted by Gasteiger charge is 2.12. The molecule has 0 aliphatic heterocycles. The summed E-state index contributed by atoms with van der Waals surface area (Å²) in [5.74, 6) is -0.370. The Morgan fingerprint density at radius 2 is 1.86 bits per heavy atom. The molecule has 0 aliphatic rings. The Morgan fingerprint density at radius 3 is 2.48 bits per heavy atom. The molecule has 1 N–H and O–H groups in total. The van der Waals surface area contributed by atoms with Crippen LogP contribution in [-0.2, 0) is 9.84 Å². The summed E-state index contributed by atoms with van der Waals surface area (Å²) < 4.78 is 23.0. The van der Waals surface area contributed by atoms with Crippen LogP contribution in [0, 0.1) is 6.92 Å². The topological polar surface area (TPSA) is 63.2 Å². The third-order valence-electron chi connectivity index (χ3n) is 2.96. The molecule has 0 bridgehead atoms. The zero-order chi connectivity index (χ0) is 15.6. The Labute approximate surface area is 128 Å². The van der Waals surface area contributed by atoms with Gasteiger partial charge in [0, 0.05) is 22.5 Å². The molecule has 0 saturated heterocycles. The summed E-state index contributed by atoms with van der Waals surface area (Å²) in [4.78, 5) is 12.3. The predicted octanol–water partition coefficient (Wildman–Crippen LogP) is 3.30. The fourth-order valence-electron chi connectivity index (χ4n) is 1.83. The van der Waals surface area contributed by atoms with Crippen molar-refractivity contribution in [1.29, 1.82) is 0 Å². The van der Waals surface area contributed by atoms with Gasteiger partial charge >= 0.3 is 0 Å². The van der Waals surface area contributed by atoms with Crippen LogP contribution in [0.15, 0.2) is 47.4 Å². The van der Waals surface area contributed by atoms with Gasteiger partial charge in [-0.1, -0.05) is 17.7 Å². The molecule has 0 saturated carbocycles. The van der Waals surface area contributed by atoms with Crippen LogP contribution in [-0.4, -0.2) is 20.6 Å². The molecular formula is C15H14ClNO3S. The molecule has 2 aromatic rings. The van der Waals surface area contributed by atoms with Crippen molar-refractivity contribution in [2.45, 2.75) is 11.8 Å². The summed E-state index contributed by atoms with van der Waals surface area (Å²) in [5.41, 5.74) is 1.75. The van der Waals surface area contributed by atoms with Crippen LogP contribution in [0.2, 0.25) is 5.02 Å². The Bertz CT molecular complexity index is 800. The molecule has 0 heterocycles. The van der Waals surface area contributed by atoms with Crippen LogP contribution in [0.4, 0.5) is 5.69 Å². The molecule has 110 valence electrons. The Hall–Kier alpha value is -1.85. The van der Waals surface area contributed by atoms with E-state index in [1.807, 2.05) is 6.92 Å². The van der Waals surface area contributed by atoms with Crippen molar-refractivity contribution in [2.75, 3.05) is 11.6 Å². The second kappa shape index (κ2) is 5.87. The molecule has 0 aliphatic carbocycles. The quantitative estimate of drug-likeness (QED) is 0.942. The minimum atomic E-state index is -3.34. The molecule has 6 heteroatoms. The van der Waals surface area contributed by atoms with Gasteiger partial charge in [0.05, 0.1) is 4.90 Å². The first kappa shape index (κ1) is 15.5. The summed E-state index contributed by atoms with van der Waals surface area (Å²) in [6.45, 7) is 1.83. The number of amides is 1. The smallest absolute Gasteiger partial charge is 0.255 e. The van der Waals surface area contributed by atoms with Gasteiger partial charge in [-0.15, -0.1) is 0 Å². The maximum Gasteiger partial charge on any atom is 0.255 e. The highest BCUT2D eigenvalue weighted by molar-refractivity contribution is 7.90. The number of carbonyl (C=O) groups is 1. The van der Waals surface area contributed by atoms with Crippen LogP contribution in [0.3, 0.4) is 0 Å². The first-order valence-electron chi connectivity index (χ1n) is 6.15. The number of carbonyl (C=O) groups excluding carboxylic acids is 1. The highest BCUT2D eigenvalue weighted by Crippen LogP contribution is 2.20. The van der Waals surface area contributed by atoms with E-state index in [1.165, 1.54) is 12.1 Å². The van der Waals surface area contributed by atoms with Crippen LogP contribution in [0.25, 0.3) is 0 Å². The summed E-state index contributed by atoms with van der Waals surface area (Å²) >= 11 is 5.86. The minimum Gasteiger partial charge on any atom is -0.322 e. The van der Waals surface area contributed by atoms with Crippen LogP contribution < -0.4 is 5.32 Å². The number of rotatable bonds is 3. The molecule has 0 radical (unpaired) electrons. The third kappa shape index (κ3) is 3.83. The number of hydrogen-bond donors (Lipinski definition) is 1. The number of nitrogens with one attached hydrogen (secondary N) is 1. The minimum absolute atomic E-state index is 0.114. The van der Waals surface area contributed by atoms with E-state index in [0.717, 1.165) is 11.8 Å². The molecule has 0 aromatic heterocycles. The SMILES string of the molecule is Cc1cc(Cl)ccc1NC(=O)c1cccc(S(C)(=O)=O)c1. The zero-order valence-corrected chi connectivity index (χ0v) is 13.1. The Morgan fingerprint density at radius 1 is 1.14 bits per heavy atom. The number of aryl methyl sites for hydroxylation is 1. The largest absolute Gasteiger partial charge is 0.322 e. The molecular weight excluding hydrogens is 310 g/mol. The molecule has 21 heavy (non-hydrogen) atoms. The maximum atomic E-state index is 12.2. The average Bonchev–Trinajstić information content (AvgIpc) is 2.41. The first-order valence-corrected chi connectivity index (χ1v) is 8.42. The molecule has 2 aromatic carbocycles. The summed E-state index contributed by atoms with van der Waals surface area (Å²) in [5, 5.41) is 3.33. The van der Waals surface area contributed by atoms with Gasteiger partial charge in [-0.05, 0) is 48.9 Å². The van der Waals surface area contributed by atoms with E-state index in [2.05, 4.69) is 5.32 Å². The first-order chi connectivity index (χ1) is 9.77. The van der Waals surface area contributed by atoms with Gasteiger partial charge < -0.3 is 5.32 Å². The second-order valence-electron chi connectivity index (χ2n) is 4.71. The van der Waals surface area contributed by atoms with E-state index >= 15 is 0 Å². The van der Waals surface area contributed by atoms with Crippen molar-refractivity contribution in [2.24, 2.45) is 0 Å². The van der Waals surface area contributed by atoms with Crippen molar-refractivity contribution in [1.82, 2.24) is 0 Å². The summed E-state index contributed by atoms with van der Waals surface area (Å²) in [6, 6.07) is 11.0. The number of benzene rings is 2. The highest BCUT2D eigenvalue weighted by atomic mass is 35.5. The fraction of sp³-hybridized carbons (Fsp3) is 0.133. The average molecular weight is 324 g/mol. The van der Waals surface area contributed by atoms with Gasteiger partial charge in [0.25, 0.3) is 5.91 Å². The van der Waals surface area contributed by atoms with E-state index in [1.54, 1.807) is 30.3 Å². The van der Waals surface area contributed by atoms with E-state index in [4.69, 9.17) is 11.6 Å². The van der Waals surface area contributed by atoms with Crippen LogP contribution >= 0.6 is 11.6 Å². The van der Waals surface area contributed by atoms with Crippen molar-refractivity contribution in [3.05, 3.63) is 58.6 Å². The van der Waals surface area contributed by atoms with Gasteiger partial charge in [-0.3, -0.25) is 4.79 Å². The normalized spacial score (nSPS) is 11.2. The van der Waals surface area contributed by atoms with Crippen molar-refractivity contribution in [3.63, 3.8) is 0 Å². The van der Waals surface area contributed by atoms with Gasteiger partial charge in [0.15, 0.2) is 9.84 Å². The molecule has 0 unspecified atom stereocenters. The van der Waals surface area contributed by atoms with Crippen LogP contribution in [0.1, 0.15) is 15.9 Å². The molecule has 1 amide bonds.